The van der Waals surface area contributed by atoms with Gasteiger partial charge in [-0.3, -0.25) is 9.59 Å². The number of amides is 2. The van der Waals surface area contributed by atoms with Crippen molar-refractivity contribution in [1.29, 1.82) is 0 Å². The SMILES string of the molecule is O=C1NC2(CCN(C(=O)c3ccccc3)CC2)[C@@H]2CN(c3ncccn3)C[C@H]12. The van der Waals surface area contributed by atoms with Gasteiger partial charge in [0.1, 0.15) is 0 Å². The summed E-state index contributed by atoms with van der Waals surface area (Å²) in [6, 6.07) is 11.2. The van der Waals surface area contributed by atoms with E-state index in [4.69, 9.17) is 0 Å². The van der Waals surface area contributed by atoms with Gasteiger partial charge in [-0.05, 0) is 31.0 Å². The Balaban J connectivity index is 1.30. The van der Waals surface area contributed by atoms with Crippen molar-refractivity contribution in [2.75, 3.05) is 31.1 Å². The molecule has 2 amide bonds. The molecule has 28 heavy (non-hydrogen) atoms. The number of nitrogens with zero attached hydrogens (tertiary/aromatic N) is 4. The van der Waals surface area contributed by atoms with Crippen molar-refractivity contribution in [1.82, 2.24) is 20.2 Å². The predicted molar refractivity (Wildman–Crippen MR) is 104 cm³/mol. The molecule has 3 aliphatic heterocycles. The van der Waals surface area contributed by atoms with Crippen molar-refractivity contribution in [2.24, 2.45) is 11.8 Å². The van der Waals surface area contributed by atoms with Gasteiger partial charge >= 0.3 is 0 Å². The highest BCUT2D eigenvalue weighted by molar-refractivity contribution is 5.94. The van der Waals surface area contributed by atoms with E-state index in [-0.39, 0.29) is 29.2 Å². The van der Waals surface area contributed by atoms with E-state index in [2.05, 4.69) is 20.2 Å². The number of hydrogen-bond acceptors (Lipinski definition) is 5. The summed E-state index contributed by atoms with van der Waals surface area (Å²) in [6.07, 6.45) is 5.06. The summed E-state index contributed by atoms with van der Waals surface area (Å²) in [7, 11) is 0. The number of aromatic nitrogens is 2. The number of benzene rings is 1. The van der Waals surface area contributed by atoms with Gasteiger partial charge in [-0.15, -0.1) is 0 Å². The van der Waals surface area contributed by atoms with Crippen LogP contribution in [-0.4, -0.2) is 58.4 Å². The van der Waals surface area contributed by atoms with Crippen LogP contribution in [0.25, 0.3) is 0 Å². The Morgan fingerprint density at radius 2 is 1.75 bits per heavy atom. The Morgan fingerprint density at radius 1 is 1.04 bits per heavy atom. The molecule has 0 aliphatic carbocycles. The number of rotatable bonds is 2. The van der Waals surface area contributed by atoms with Crippen LogP contribution in [0.1, 0.15) is 23.2 Å². The molecule has 0 bridgehead atoms. The lowest BCUT2D eigenvalue weighted by atomic mass is 9.75. The lowest BCUT2D eigenvalue weighted by Crippen LogP contribution is -2.56. The highest BCUT2D eigenvalue weighted by Crippen LogP contribution is 2.44. The Bertz CT molecular complexity index is 880. The second-order valence-electron chi connectivity index (χ2n) is 7.97. The zero-order valence-corrected chi connectivity index (χ0v) is 15.6. The molecule has 3 saturated heterocycles. The van der Waals surface area contributed by atoms with Crippen molar-refractivity contribution in [3.8, 4) is 0 Å². The maximum Gasteiger partial charge on any atom is 0.253 e. The molecule has 0 radical (unpaired) electrons. The first-order chi connectivity index (χ1) is 13.7. The molecular weight excluding hydrogens is 354 g/mol. The number of fused-ring (bicyclic) bond motifs is 2. The fraction of sp³-hybridized carbons (Fsp3) is 0.429. The average molecular weight is 377 g/mol. The van der Waals surface area contributed by atoms with Crippen LogP contribution in [0.15, 0.2) is 48.8 Å². The molecule has 7 nitrogen and oxygen atoms in total. The van der Waals surface area contributed by atoms with Crippen LogP contribution in [0.3, 0.4) is 0 Å². The summed E-state index contributed by atoms with van der Waals surface area (Å²) in [6.45, 7) is 2.77. The minimum Gasteiger partial charge on any atom is -0.350 e. The maximum absolute atomic E-state index is 12.7. The number of likely N-dealkylation sites (tertiary alicyclic amines) is 1. The number of piperidine rings is 1. The third-order valence-corrected chi connectivity index (χ3v) is 6.54. The Kier molecular flexibility index (Phi) is 4.03. The molecule has 1 aromatic heterocycles. The van der Waals surface area contributed by atoms with E-state index in [1.165, 1.54) is 0 Å². The molecule has 144 valence electrons. The molecule has 1 spiro atoms. The van der Waals surface area contributed by atoms with E-state index in [1.807, 2.05) is 35.2 Å². The summed E-state index contributed by atoms with van der Waals surface area (Å²) in [5, 5.41) is 3.30. The lowest BCUT2D eigenvalue weighted by Gasteiger charge is -2.42. The molecule has 1 aromatic carbocycles. The van der Waals surface area contributed by atoms with Gasteiger partial charge in [-0.25, -0.2) is 9.97 Å². The zero-order chi connectivity index (χ0) is 19.1. The molecule has 0 unspecified atom stereocenters. The molecule has 4 heterocycles. The third kappa shape index (κ3) is 2.73. The molecule has 2 aromatic rings. The number of nitrogens with one attached hydrogen (secondary N) is 1. The second-order valence-corrected chi connectivity index (χ2v) is 7.97. The Labute approximate surface area is 163 Å². The second kappa shape index (κ2) is 6.58. The predicted octanol–water partition coefficient (Wildman–Crippen LogP) is 1.33. The van der Waals surface area contributed by atoms with E-state index in [0.717, 1.165) is 24.9 Å². The van der Waals surface area contributed by atoms with Gasteiger partial charge in [0.05, 0.1) is 5.92 Å². The van der Waals surface area contributed by atoms with Crippen LogP contribution in [0.2, 0.25) is 0 Å². The first-order valence-electron chi connectivity index (χ1n) is 9.85. The van der Waals surface area contributed by atoms with E-state index in [9.17, 15) is 9.59 Å². The lowest BCUT2D eigenvalue weighted by molar-refractivity contribution is -0.122. The minimum atomic E-state index is -0.223. The molecule has 7 heteroatoms. The highest BCUT2D eigenvalue weighted by Gasteiger charge is 2.57. The van der Waals surface area contributed by atoms with Crippen LogP contribution in [-0.2, 0) is 4.79 Å². The fourth-order valence-corrected chi connectivity index (χ4v) is 5.05. The molecular formula is C21H23N5O2. The molecule has 1 N–H and O–H groups in total. The fourth-order valence-electron chi connectivity index (χ4n) is 5.05. The number of anilines is 1. The Hall–Kier alpha value is -2.96. The van der Waals surface area contributed by atoms with E-state index >= 15 is 0 Å². The van der Waals surface area contributed by atoms with Gasteiger partial charge in [-0.2, -0.15) is 0 Å². The van der Waals surface area contributed by atoms with Gasteiger partial charge in [0.15, 0.2) is 0 Å². The molecule has 0 saturated carbocycles. The maximum atomic E-state index is 12.7. The van der Waals surface area contributed by atoms with Crippen molar-refractivity contribution >= 4 is 17.8 Å². The van der Waals surface area contributed by atoms with Gasteiger partial charge in [0, 0.05) is 55.6 Å². The zero-order valence-electron chi connectivity index (χ0n) is 15.6. The van der Waals surface area contributed by atoms with Crippen LogP contribution >= 0.6 is 0 Å². The molecule has 2 atom stereocenters. The van der Waals surface area contributed by atoms with Crippen LogP contribution in [0, 0.1) is 11.8 Å². The topological polar surface area (TPSA) is 78.4 Å². The van der Waals surface area contributed by atoms with Gasteiger partial charge < -0.3 is 15.1 Å². The Morgan fingerprint density at radius 3 is 2.46 bits per heavy atom. The monoisotopic (exact) mass is 377 g/mol. The van der Waals surface area contributed by atoms with E-state index in [0.29, 0.717) is 25.6 Å². The quantitative estimate of drug-likeness (QED) is 0.854. The standard InChI is InChI=1S/C21H23N5O2/c27-18-16-13-26(20-22-9-4-10-23-20)14-17(16)21(24-18)7-11-25(12-8-21)19(28)15-5-2-1-3-6-15/h1-6,9-10,16-17H,7-8,11-14H2,(H,24,27)/t16-,17+/m0/s1. The van der Waals surface area contributed by atoms with Crippen LogP contribution in [0.5, 0.6) is 0 Å². The average Bonchev–Trinajstić information content (AvgIpc) is 3.30. The summed E-state index contributed by atoms with van der Waals surface area (Å²) in [5.74, 6) is 1.10. The first kappa shape index (κ1) is 17.2. The molecule has 5 rings (SSSR count). The van der Waals surface area contributed by atoms with E-state index < -0.39 is 0 Å². The largest absolute Gasteiger partial charge is 0.350 e. The minimum absolute atomic E-state index is 0.0276. The third-order valence-electron chi connectivity index (χ3n) is 6.54. The van der Waals surface area contributed by atoms with Gasteiger partial charge in [0.25, 0.3) is 5.91 Å². The van der Waals surface area contributed by atoms with Crippen molar-refractivity contribution in [3.05, 3.63) is 54.4 Å². The summed E-state index contributed by atoms with van der Waals surface area (Å²) in [4.78, 5) is 38.2. The molecule has 3 aliphatic rings. The van der Waals surface area contributed by atoms with Crippen molar-refractivity contribution in [2.45, 2.75) is 18.4 Å². The number of hydrogen-bond donors (Lipinski definition) is 1. The summed E-state index contributed by atoms with van der Waals surface area (Å²) >= 11 is 0. The highest BCUT2D eigenvalue weighted by atomic mass is 16.2. The molecule has 3 fully saturated rings. The first-order valence-corrected chi connectivity index (χ1v) is 9.85. The summed E-state index contributed by atoms with van der Waals surface area (Å²) in [5.41, 5.74) is 0.499. The van der Waals surface area contributed by atoms with Crippen molar-refractivity contribution < 1.29 is 9.59 Å². The van der Waals surface area contributed by atoms with Crippen LogP contribution in [0.4, 0.5) is 5.95 Å². The van der Waals surface area contributed by atoms with Gasteiger partial charge in [0.2, 0.25) is 11.9 Å². The van der Waals surface area contributed by atoms with E-state index in [1.54, 1.807) is 18.5 Å². The smallest absolute Gasteiger partial charge is 0.253 e. The van der Waals surface area contributed by atoms with Crippen molar-refractivity contribution in [3.63, 3.8) is 0 Å². The summed E-state index contributed by atoms with van der Waals surface area (Å²) < 4.78 is 0. The van der Waals surface area contributed by atoms with Crippen LogP contribution < -0.4 is 10.2 Å². The number of carbonyl (C=O) groups is 2. The normalized spacial score (nSPS) is 25.6. The number of carbonyl (C=O) groups excluding carboxylic acids is 2. The van der Waals surface area contributed by atoms with Gasteiger partial charge in [-0.1, -0.05) is 18.2 Å².